The van der Waals surface area contributed by atoms with Crippen molar-refractivity contribution in [2.45, 2.75) is 26.4 Å². The smallest absolute Gasteiger partial charge is 0.408 e. The summed E-state index contributed by atoms with van der Waals surface area (Å²) in [7, 11) is 0. The number of nitrogens with one attached hydrogen (secondary N) is 1. The molecule has 0 aliphatic heterocycles. The number of amides is 1. The SMILES string of the molecule is Cc1ccccc1OCn1ccc(C(=O)Nc2cnn(CC(F)(F)F)c2)n1. The second-order valence-corrected chi connectivity index (χ2v) is 5.78. The molecule has 1 aromatic carbocycles. The van der Waals surface area contributed by atoms with Crippen molar-refractivity contribution in [2.75, 3.05) is 5.32 Å². The summed E-state index contributed by atoms with van der Waals surface area (Å²) in [5, 5.41) is 10.1. The van der Waals surface area contributed by atoms with Crippen LogP contribution in [-0.2, 0) is 13.3 Å². The van der Waals surface area contributed by atoms with Crippen LogP contribution in [0.25, 0.3) is 0 Å². The molecule has 0 aliphatic rings. The molecule has 3 aromatic rings. The summed E-state index contributed by atoms with van der Waals surface area (Å²) < 4.78 is 44.8. The monoisotopic (exact) mass is 379 g/mol. The van der Waals surface area contributed by atoms with Crippen LogP contribution >= 0.6 is 0 Å². The van der Waals surface area contributed by atoms with Crippen molar-refractivity contribution in [3.63, 3.8) is 0 Å². The maximum Gasteiger partial charge on any atom is 0.408 e. The molecule has 27 heavy (non-hydrogen) atoms. The first kappa shape index (κ1) is 18.5. The van der Waals surface area contributed by atoms with E-state index in [-0.39, 0.29) is 18.1 Å². The van der Waals surface area contributed by atoms with Gasteiger partial charge in [0.2, 0.25) is 0 Å². The summed E-state index contributed by atoms with van der Waals surface area (Å²) in [6, 6.07) is 8.97. The number of para-hydroxylation sites is 1. The van der Waals surface area contributed by atoms with Gasteiger partial charge < -0.3 is 10.1 Å². The lowest BCUT2D eigenvalue weighted by molar-refractivity contribution is -0.142. The summed E-state index contributed by atoms with van der Waals surface area (Å²) in [5.74, 6) is 0.146. The van der Waals surface area contributed by atoms with Crippen LogP contribution in [0.4, 0.5) is 18.9 Å². The van der Waals surface area contributed by atoms with E-state index in [9.17, 15) is 18.0 Å². The van der Waals surface area contributed by atoms with Crippen molar-refractivity contribution in [3.8, 4) is 5.75 Å². The number of aryl methyl sites for hydroxylation is 1. The van der Waals surface area contributed by atoms with Gasteiger partial charge in [-0.2, -0.15) is 23.4 Å². The van der Waals surface area contributed by atoms with Gasteiger partial charge >= 0.3 is 6.18 Å². The van der Waals surface area contributed by atoms with E-state index in [2.05, 4.69) is 15.5 Å². The Morgan fingerprint density at radius 3 is 2.74 bits per heavy atom. The van der Waals surface area contributed by atoms with E-state index in [1.165, 1.54) is 10.7 Å². The lowest BCUT2D eigenvalue weighted by atomic mass is 10.2. The molecule has 0 unspecified atom stereocenters. The molecule has 1 N–H and O–H groups in total. The molecule has 0 bridgehead atoms. The van der Waals surface area contributed by atoms with Gasteiger partial charge in [0.05, 0.1) is 11.9 Å². The van der Waals surface area contributed by atoms with Gasteiger partial charge in [-0.15, -0.1) is 0 Å². The van der Waals surface area contributed by atoms with Gasteiger partial charge in [-0.25, -0.2) is 4.68 Å². The highest BCUT2D eigenvalue weighted by Crippen LogP contribution is 2.18. The van der Waals surface area contributed by atoms with Crippen molar-refractivity contribution in [1.82, 2.24) is 19.6 Å². The Balaban J connectivity index is 1.58. The number of hydrogen-bond donors (Lipinski definition) is 1. The second-order valence-electron chi connectivity index (χ2n) is 5.78. The van der Waals surface area contributed by atoms with E-state index in [0.29, 0.717) is 10.4 Å². The first-order valence-corrected chi connectivity index (χ1v) is 7.92. The number of aromatic nitrogens is 4. The van der Waals surface area contributed by atoms with E-state index in [0.717, 1.165) is 18.0 Å². The topological polar surface area (TPSA) is 74.0 Å². The zero-order chi connectivity index (χ0) is 19.4. The highest BCUT2D eigenvalue weighted by molar-refractivity contribution is 6.02. The summed E-state index contributed by atoms with van der Waals surface area (Å²) in [5.41, 5.74) is 1.22. The third-order valence-corrected chi connectivity index (χ3v) is 3.55. The fourth-order valence-corrected chi connectivity index (χ4v) is 2.30. The Bertz CT molecular complexity index is 933. The first-order chi connectivity index (χ1) is 12.8. The largest absolute Gasteiger partial charge is 0.471 e. The summed E-state index contributed by atoms with van der Waals surface area (Å²) in [6.45, 7) is 0.797. The molecule has 0 radical (unpaired) electrons. The number of anilines is 1. The minimum atomic E-state index is -4.39. The zero-order valence-corrected chi connectivity index (χ0v) is 14.3. The molecule has 142 valence electrons. The number of carbonyl (C=O) groups is 1. The van der Waals surface area contributed by atoms with Gasteiger partial charge in [0.25, 0.3) is 5.91 Å². The van der Waals surface area contributed by atoms with E-state index < -0.39 is 18.6 Å². The minimum absolute atomic E-state index is 0.104. The Morgan fingerprint density at radius 1 is 1.22 bits per heavy atom. The molecular weight excluding hydrogens is 363 g/mol. The summed E-state index contributed by atoms with van der Waals surface area (Å²) in [4.78, 5) is 12.2. The molecule has 0 fully saturated rings. The lowest BCUT2D eigenvalue weighted by Crippen LogP contribution is -2.18. The molecule has 2 aromatic heterocycles. The number of benzene rings is 1. The number of carbonyl (C=O) groups excluding carboxylic acids is 1. The number of ether oxygens (including phenoxy) is 1. The van der Waals surface area contributed by atoms with Gasteiger partial charge in [0.15, 0.2) is 12.4 Å². The zero-order valence-electron chi connectivity index (χ0n) is 14.3. The summed E-state index contributed by atoms with van der Waals surface area (Å²) in [6.07, 6.45) is -0.574. The third kappa shape index (κ3) is 5.09. The molecule has 0 atom stereocenters. The molecule has 0 aliphatic carbocycles. The van der Waals surface area contributed by atoms with Crippen LogP contribution in [0, 0.1) is 6.92 Å². The van der Waals surface area contributed by atoms with Gasteiger partial charge in [-0.3, -0.25) is 9.48 Å². The van der Waals surface area contributed by atoms with E-state index in [1.54, 1.807) is 6.20 Å². The Labute approximate surface area is 152 Å². The number of halogens is 3. The van der Waals surface area contributed by atoms with Gasteiger partial charge in [-0.05, 0) is 24.6 Å². The van der Waals surface area contributed by atoms with Crippen molar-refractivity contribution in [3.05, 3.63) is 60.2 Å². The Morgan fingerprint density at radius 2 is 2.00 bits per heavy atom. The molecule has 0 spiro atoms. The number of rotatable bonds is 6. The average molecular weight is 379 g/mol. The van der Waals surface area contributed by atoms with Crippen LogP contribution in [0.15, 0.2) is 48.9 Å². The standard InChI is InChI=1S/C17H16F3N5O2/c1-12-4-2-3-5-15(12)27-11-24-7-6-14(23-24)16(26)22-13-8-21-25(9-13)10-17(18,19)20/h2-9H,10-11H2,1H3,(H,22,26). The van der Waals surface area contributed by atoms with Crippen molar-refractivity contribution < 1.29 is 22.7 Å². The molecule has 10 heteroatoms. The molecular formula is C17H16F3N5O2. The second kappa shape index (κ2) is 7.52. The van der Waals surface area contributed by atoms with Crippen LogP contribution in [0.5, 0.6) is 5.75 Å². The van der Waals surface area contributed by atoms with Crippen LogP contribution in [-0.4, -0.2) is 31.6 Å². The fourth-order valence-electron chi connectivity index (χ4n) is 2.30. The molecule has 1 amide bonds. The average Bonchev–Trinajstić information content (AvgIpc) is 3.22. The molecule has 0 saturated carbocycles. The minimum Gasteiger partial charge on any atom is -0.471 e. The van der Waals surface area contributed by atoms with Crippen LogP contribution in [0.1, 0.15) is 16.1 Å². The van der Waals surface area contributed by atoms with Crippen molar-refractivity contribution >= 4 is 11.6 Å². The van der Waals surface area contributed by atoms with Crippen LogP contribution in [0.2, 0.25) is 0 Å². The normalized spacial score (nSPS) is 11.4. The highest BCUT2D eigenvalue weighted by atomic mass is 19.4. The maximum absolute atomic E-state index is 12.3. The Hall–Kier alpha value is -3.30. The predicted molar refractivity (Wildman–Crippen MR) is 90.3 cm³/mol. The van der Waals surface area contributed by atoms with Gasteiger partial charge in [-0.1, -0.05) is 18.2 Å². The number of hydrogen-bond acceptors (Lipinski definition) is 4. The van der Waals surface area contributed by atoms with Crippen LogP contribution in [0.3, 0.4) is 0 Å². The fraction of sp³-hybridized carbons (Fsp3) is 0.235. The molecule has 3 rings (SSSR count). The van der Waals surface area contributed by atoms with Crippen molar-refractivity contribution in [2.24, 2.45) is 0 Å². The van der Waals surface area contributed by atoms with Crippen LogP contribution < -0.4 is 10.1 Å². The Kier molecular flexibility index (Phi) is 5.15. The van der Waals surface area contributed by atoms with Gasteiger partial charge in [0, 0.05) is 12.4 Å². The highest BCUT2D eigenvalue weighted by Gasteiger charge is 2.28. The quantitative estimate of drug-likeness (QED) is 0.714. The predicted octanol–water partition coefficient (Wildman–Crippen LogP) is 3.24. The van der Waals surface area contributed by atoms with E-state index >= 15 is 0 Å². The van der Waals surface area contributed by atoms with Gasteiger partial charge in [0.1, 0.15) is 12.3 Å². The van der Waals surface area contributed by atoms with E-state index in [1.807, 2.05) is 31.2 Å². The number of nitrogens with zero attached hydrogens (tertiary/aromatic N) is 4. The maximum atomic E-state index is 12.3. The third-order valence-electron chi connectivity index (χ3n) is 3.55. The van der Waals surface area contributed by atoms with Crippen molar-refractivity contribution in [1.29, 1.82) is 0 Å². The van der Waals surface area contributed by atoms with E-state index in [4.69, 9.17) is 4.74 Å². The lowest BCUT2D eigenvalue weighted by Gasteiger charge is -2.08. The number of alkyl halides is 3. The first-order valence-electron chi connectivity index (χ1n) is 7.92. The molecule has 7 nitrogen and oxygen atoms in total. The summed E-state index contributed by atoms with van der Waals surface area (Å²) >= 11 is 0. The molecule has 2 heterocycles. The molecule has 0 saturated heterocycles.